The quantitative estimate of drug-likeness (QED) is 0.0449. The summed E-state index contributed by atoms with van der Waals surface area (Å²) in [5.41, 5.74) is 1.48. The van der Waals surface area contributed by atoms with Gasteiger partial charge >= 0.3 is 7.82 Å². The van der Waals surface area contributed by atoms with Gasteiger partial charge in [0.2, 0.25) is 0 Å². The van der Waals surface area contributed by atoms with Crippen LogP contribution in [0.5, 0.6) is 0 Å². The number of unbranched alkanes of at least 4 members (excludes halogenated alkanes) is 15. The maximum atomic E-state index is 11.8. The highest BCUT2D eigenvalue weighted by Gasteiger charge is 2.21. The summed E-state index contributed by atoms with van der Waals surface area (Å²) < 4.78 is 28.8. The molecule has 1 aromatic carbocycles. The lowest BCUT2D eigenvalue weighted by molar-refractivity contribution is -0.870. The van der Waals surface area contributed by atoms with Crippen molar-refractivity contribution >= 4 is 30.4 Å². The highest BCUT2D eigenvalue weighted by Crippen LogP contribution is 2.43. The average molecular weight is 713 g/mol. The topological polar surface area (TPSA) is 65.0 Å². The molecule has 1 rings (SSSR count). The molecule has 1 N–H and O–H groups in total. The SMILES string of the molecule is CCOCC.C[N+](C)(C)CCOP(=O)(O)OCCCCCCCCCCCCCCCCCCc1ccc(I)cc1. The molecule has 0 saturated carbocycles. The Kier molecular flexibility index (Phi) is 27.5. The van der Waals surface area contributed by atoms with Crippen molar-refractivity contribution in [2.75, 3.05) is 54.1 Å². The zero-order chi connectivity index (χ0) is 30.7. The number of hydrogen-bond acceptors (Lipinski definition) is 4. The molecule has 0 spiro atoms. The van der Waals surface area contributed by atoms with E-state index in [-0.39, 0.29) is 6.61 Å². The first-order chi connectivity index (χ1) is 19.6. The van der Waals surface area contributed by atoms with Crippen molar-refractivity contribution in [3.05, 3.63) is 33.4 Å². The molecule has 1 aromatic rings. The Morgan fingerprint density at radius 1 is 0.659 bits per heavy atom. The Labute approximate surface area is 267 Å². The van der Waals surface area contributed by atoms with Crippen molar-refractivity contribution in [3.63, 3.8) is 0 Å². The van der Waals surface area contributed by atoms with Crippen LogP contribution in [0.3, 0.4) is 0 Å². The summed E-state index contributed by atoms with van der Waals surface area (Å²) in [7, 11) is 2.16. The number of phosphoric acid groups is 1. The van der Waals surface area contributed by atoms with E-state index in [1.807, 2.05) is 35.0 Å². The summed E-state index contributed by atoms with van der Waals surface area (Å²) in [4.78, 5) is 9.69. The Morgan fingerprint density at radius 3 is 1.44 bits per heavy atom. The monoisotopic (exact) mass is 712 g/mol. The molecular weight excluding hydrogens is 648 g/mol. The van der Waals surface area contributed by atoms with Crippen LogP contribution in [0.15, 0.2) is 24.3 Å². The van der Waals surface area contributed by atoms with Gasteiger partial charge in [-0.15, -0.1) is 0 Å². The van der Waals surface area contributed by atoms with Gasteiger partial charge in [0.25, 0.3) is 0 Å². The Hall–Kier alpha value is -0.0200. The van der Waals surface area contributed by atoms with Gasteiger partial charge in [-0.2, -0.15) is 0 Å². The summed E-state index contributed by atoms with van der Waals surface area (Å²) >= 11 is 2.37. The fraction of sp³-hybridized carbons (Fsp3) is 0.818. The summed E-state index contributed by atoms with van der Waals surface area (Å²) in [6.45, 7) is 6.86. The van der Waals surface area contributed by atoms with E-state index in [2.05, 4.69) is 46.9 Å². The van der Waals surface area contributed by atoms with E-state index in [1.165, 1.54) is 105 Å². The van der Waals surface area contributed by atoms with Gasteiger partial charge in [-0.1, -0.05) is 102 Å². The number of benzene rings is 1. The summed E-state index contributed by atoms with van der Waals surface area (Å²) in [6.07, 6.45) is 22.0. The van der Waals surface area contributed by atoms with Crippen LogP contribution in [0.4, 0.5) is 0 Å². The van der Waals surface area contributed by atoms with Crippen LogP contribution in [0.1, 0.15) is 122 Å². The molecular formula is C33H64INO5P+. The molecule has 0 heterocycles. The molecule has 0 aromatic heterocycles. The molecule has 41 heavy (non-hydrogen) atoms. The van der Waals surface area contributed by atoms with Crippen molar-refractivity contribution in [3.8, 4) is 0 Å². The average Bonchev–Trinajstić information content (AvgIpc) is 2.91. The Balaban J connectivity index is 0.00000292. The fourth-order valence-electron chi connectivity index (χ4n) is 4.41. The molecule has 0 aliphatic heterocycles. The number of likely N-dealkylation sites (N-methyl/N-ethyl adjacent to an activating group) is 1. The van der Waals surface area contributed by atoms with E-state index in [0.717, 1.165) is 26.1 Å². The molecule has 242 valence electrons. The molecule has 0 radical (unpaired) electrons. The summed E-state index contributed by atoms with van der Waals surface area (Å²) in [5.74, 6) is 0. The molecule has 0 amide bonds. The highest BCUT2D eigenvalue weighted by molar-refractivity contribution is 14.1. The zero-order valence-electron chi connectivity index (χ0n) is 27.2. The van der Waals surface area contributed by atoms with E-state index in [4.69, 9.17) is 13.8 Å². The van der Waals surface area contributed by atoms with Crippen molar-refractivity contribution < 1.29 is 27.7 Å². The first-order valence-corrected chi connectivity index (χ1v) is 18.9. The number of ether oxygens (including phenoxy) is 1. The van der Waals surface area contributed by atoms with E-state index >= 15 is 0 Å². The van der Waals surface area contributed by atoms with Crippen molar-refractivity contribution in [2.24, 2.45) is 0 Å². The lowest BCUT2D eigenvalue weighted by Crippen LogP contribution is -2.37. The lowest BCUT2D eigenvalue weighted by atomic mass is 10.0. The van der Waals surface area contributed by atoms with Crippen LogP contribution in [0.25, 0.3) is 0 Å². The third-order valence-electron chi connectivity index (χ3n) is 6.95. The van der Waals surface area contributed by atoms with Gasteiger partial charge in [-0.05, 0) is 73.4 Å². The third-order valence-corrected chi connectivity index (χ3v) is 8.69. The van der Waals surface area contributed by atoms with E-state index in [0.29, 0.717) is 17.6 Å². The normalized spacial score (nSPS) is 13.0. The van der Waals surface area contributed by atoms with Crippen LogP contribution in [0.2, 0.25) is 0 Å². The number of halogens is 1. The molecule has 0 fully saturated rings. The van der Waals surface area contributed by atoms with E-state index in [1.54, 1.807) is 0 Å². The van der Waals surface area contributed by atoms with Gasteiger partial charge in [0.1, 0.15) is 13.2 Å². The molecule has 6 nitrogen and oxygen atoms in total. The van der Waals surface area contributed by atoms with Crippen LogP contribution in [-0.4, -0.2) is 63.5 Å². The van der Waals surface area contributed by atoms with Gasteiger partial charge in [0.05, 0.1) is 27.7 Å². The maximum absolute atomic E-state index is 11.8. The maximum Gasteiger partial charge on any atom is 0.472 e. The van der Waals surface area contributed by atoms with Crippen molar-refractivity contribution in [1.29, 1.82) is 0 Å². The number of nitrogens with zero attached hydrogens (tertiary/aromatic N) is 1. The molecule has 1 unspecified atom stereocenters. The van der Waals surface area contributed by atoms with Crippen LogP contribution >= 0.6 is 30.4 Å². The van der Waals surface area contributed by atoms with Crippen LogP contribution < -0.4 is 0 Å². The summed E-state index contributed by atoms with van der Waals surface area (Å²) in [6, 6.07) is 8.95. The minimum Gasteiger partial charge on any atom is -0.382 e. The van der Waals surface area contributed by atoms with E-state index in [9.17, 15) is 9.46 Å². The molecule has 8 heteroatoms. The van der Waals surface area contributed by atoms with Crippen LogP contribution in [-0.2, 0) is 24.8 Å². The summed E-state index contributed by atoms with van der Waals surface area (Å²) in [5, 5.41) is 0. The smallest absolute Gasteiger partial charge is 0.382 e. The molecule has 0 saturated heterocycles. The van der Waals surface area contributed by atoms with Gasteiger partial charge in [-0.3, -0.25) is 9.05 Å². The predicted octanol–water partition coefficient (Wildman–Crippen LogP) is 9.96. The fourth-order valence-corrected chi connectivity index (χ4v) is 5.51. The second-order valence-corrected chi connectivity index (χ2v) is 14.7. The number of phosphoric ester groups is 1. The van der Waals surface area contributed by atoms with Crippen molar-refractivity contribution in [2.45, 2.75) is 123 Å². The second kappa shape index (κ2) is 27.5. The van der Waals surface area contributed by atoms with Gasteiger partial charge in [0.15, 0.2) is 0 Å². The number of quaternary nitrogens is 1. The molecule has 0 aliphatic carbocycles. The zero-order valence-corrected chi connectivity index (χ0v) is 30.3. The number of hydrogen-bond donors (Lipinski definition) is 1. The molecule has 0 bridgehead atoms. The van der Waals surface area contributed by atoms with Crippen molar-refractivity contribution in [1.82, 2.24) is 0 Å². The standard InChI is InChI=1S/C29H53INO4P.C4H10O/c1-31(2,3)25-27-35-36(32,33)34-26-19-17-15-13-11-9-7-5-4-6-8-10-12-14-16-18-20-28-21-23-29(30)24-22-28;1-3-5-4-2/h21-24H,4-20,25-27H2,1-3H3;3-4H2,1-2H3/p+1. The minimum absolute atomic E-state index is 0.229. The van der Waals surface area contributed by atoms with Crippen LogP contribution in [0, 0.1) is 3.57 Å². The largest absolute Gasteiger partial charge is 0.472 e. The highest BCUT2D eigenvalue weighted by atomic mass is 127. The number of aryl methyl sites for hydroxylation is 1. The number of rotatable bonds is 26. The van der Waals surface area contributed by atoms with Gasteiger partial charge < -0.3 is 14.1 Å². The van der Waals surface area contributed by atoms with Gasteiger partial charge in [-0.25, -0.2) is 4.57 Å². The van der Waals surface area contributed by atoms with Gasteiger partial charge in [0, 0.05) is 16.8 Å². The third kappa shape index (κ3) is 31.2. The minimum atomic E-state index is -3.89. The molecule has 1 atom stereocenters. The first-order valence-electron chi connectivity index (χ1n) is 16.3. The first kappa shape index (κ1) is 41.0. The Bertz CT molecular complexity index is 740. The second-order valence-electron chi connectivity index (χ2n) is 12.0. The Morgan fingerprint density at radius 2 is 1.05 bits per heavy atom. The molecule has 0 aliphatic rings. The van der Waals surface area contributed by atoms with E-state index < -0.39 is 7.82 Å². The predicted molar refractivity (Wildman–Crippen MR) is 184 cm³/mol. The lowest BCUT2D eigenvalue weighted by Gasteiger charge is -2.24.